The van der Waals surface area contributed by atoms with Crippen molar-refractivity contribution in [3.8, 4) is 5.69 Å². The van der Waals surface area contributed by atoms with E-state index in [1.807, 2.05) is 49.4 Å². The molecular formula is C19H17N7OS3. The quantitative estimate of drug-likeness (QED) is 0.316. The highest BCUT2D eigenvalue weighted by atomic mass is 32.2. The number of benzene rings is 2. The Morgan fingerprint density at radius 1 is 1.03 bits per heavy atom. The lowest BCUT2D eigenvalue weighted by Gasteiger charge is -2.04. The fraction of sp³-hybridized carbons (Fsp3) is 0.158. The Balaban J connectivity index is 1.29. The molecule has 2 aromatic carbocycles. The van der Waals surface area contributed by atoms with Crippen LogP contribution in [0.15, 0.2) is 64.1 Å². The number of anilines is 1. The Morgan fingerprint density at radius 3 is 2.63 bits per heavy atom. The van der Waals surface area contributed by atoms with Gasteiger partial charge in [0.25, 0.3) is 0 Å². The minimum atomic E-state index is -0.186. The number of carbonyl (C=O) groups is 1. The van der Waals surface area contributed by atoms with Crippen LogP contribution >= 0.6 is 34.9 Å². The number of hydrogen-bond donors (Lipinski definition) is 1. The van der Waals surface area contributed by atoms with Gasteiger partial charge in [0.15, 0.2) is 4.34 Å². The van der Waals surface area contributed by atoms with Crippen molar-refractivity contribution in [1.82, 2.24) is 30.4 Å². The summed E-state index contributed by atoms with van der Waals surface area (Å²) >= 11 is 4.21. The van der Waals surface area contributed by atoms with E-state index < -0.39 is 0 Å². The first-order valence-corrected chi connectivity index (χ1v) is 11.7. The second kappa shape index (κ2) is 9.83. The lowest BCUT2D eigenvalue weighted by Crippen LogP contribution is -2.14. The second-order valence-corrected chi connectivity index (χ2v) is 9.34. The maximum atomic E-state index is 12.3. The smallest absolute Gasteiger partial charge is 0.236 e. The molecule has 1 N–H and O–H groups in total. The Kier molecular flexibility index (Phi) is 6.72. The summed E-state index contributed by atoms with van der Waals surface area (Å²) in [4.78, 5) is 12.3. The minimum Gasteiger partial charge on any atom is -0.300 e. The highest BCUT2D eigenvalue weighted by Gasteiger charge is 2.13. The number of amides is 1. The van der Waals surface area contributed by atoms with Crippen molar-refractivity contribution in [1.29, 1.82) is 0 Å². The van der Waals surface area contributed by atoms with Crippen molar-refractivity contribution in [3.05, 3.63) is 65.7 Å². The first-order chi connectivity index (χ1) is 14.7. The zero-order valence-corrected chi connectivity index (χ0v) is 18.4. The minimum absolute atomic E-state index is 0.165. The molecule has 11 heteroatoms. The van der Waals surface area contributed by atoms with Gasteiger partial charge in [0.1, 0.15) is 0 Å². The number of nitrogens with one attached hydrogen (secondary N) is 1. The number of carbonyl (C=O) groups excluding carboxylic acids is 1. The zero-order valence-electron chi connectivity index (χ0n) is 15.9. The molecular weight excluding hydrogens is 438 g/mol. The van der Waals surface area contributed by atoms with E-state index in [1.54, 1.807) is 16.4 Å². The lowest BCUT2D eigenvalue weighted by molar-refractivity contribution is -0.113. The summed E-state index contributed by atoms with van der Waals surface area (Å²) in [5.74, 6) is 0.786. The lowest BCUT2D eigenvalue weighted by atomic mass is 10.2. The predicted molar refractivity (Wildman–Crippen MR) is 119 cm³/mol. The molecule has 2 heterocycles. The third-order valence-corrected chi connectivity index (χ3v) is 6.87. The predicted octanol–water partition coefficient (Wildman–Crippen LogP) is 3.85. The standard InChI is InChI=1S/C19H17N7OS3/c1-13-7-9-15(10-8-13)26-18(22-24-25-26)28-12-16(27)20-17-21-23-19(30-17)29-11-14-5-3-2-4-6-14/h2-10H,11-12H2,1H3,(H,20,21,27). The van der Waals surface area contributed by atoms with E-state index in [-0.39, 0.29) is 11.7 Å². The molecule has 0 bridgehead atoms. The molecule has 2 aromatic heterocycles. The summed E-state index contributed by atoms with van der Waals surface area (Å²) < 4.78 is 2.42. The highest BCUT2D eigenvalue weighted by Crippen LogP contribution is 2.28. The SMILES string of the molecule is Cc1ccc(-n2nnnc2SCC(=O)Nc2nnc(SCc3ccccc3)s2)cc1. The van der Waals surface area contributed by atoms with E-state index in [1.165, 1.54) is 28.7 Å². The number of nitrogens with zero attached hydrogens (tertiary/aromatic N) is 6. The van der Waals surface area contributed by atoms with Gasteiger partial charge in [-0.05, 0) is 35.0 Å². The van der Waals surface area contributed by atoms with Crippen LogP contribution in [0.5, 0.6) is 0 Å². The summed E-state index contributed by atoms with van der Waals surface area (Å²) in [7, 11) is 0. The van der Waals surface area contributed by atoms with Crippen LogP contribution in [0.3, 0.4) is 0 Å². The van der Waals surface area contributed by atoms with Crippen LogP contribution < -0.4 is 5.32 Å². The van der Waals surface area contributed by atoms with Crippen LogP contribution in [-0.2, 0) is 10.5 Å². The van der Waals surface area contributed by atoms with E-state index in [4.69, 9.17) is 0 Å². The Morgan fingerprint density at radius 2 is 1.83 bits per heavy atom. The molecule has 4 rings (SSSR count). The van der Waals surface area contributed by atoms with Gasteiger partial charge >= 0.3 is 0 Å². The average molecular weight is 456 g/mol. The summed E-state index contributed by atoms with van der Waals surface area (Å²) in [5, 5.41) is 23.7. The molecule has 0 radical (unpaired) electrons. The van der Waals surface area contributed by atoms with Crippen molar-refractivity contribution in [2.24, 2.45) is 0 Å². The van der Waals surface area contributed by atoms with Crippen molar-refractivity contribution in [2.45, 2.75) is 22.2 Å². The van der Waals surface area contributed by atoms with Crippen molar-refractivity contribution >= 4 is 45.9 Å². The van der Waals surface area contributed by atoms with Crippen LogP contribution in [-0.4, -0.2) is 42.1 Å². The van der Waals surface area contributed by atoms with Crippen LogP contribution in [0.4, 0.5) is 5.13 Å². The van der Waals surface area contributed by atoms with Crippen LogP contribution in [0.1, 0.15) is 11.1 Å². The van der Waals surface area contributed by atoms with E-state index in [2.05, 4.69) is 43.2 Å². The van der Waals surface area contributed by atoms with Crippen molar-refractivity contribution < 1.29 is 4.79 Å². The Hall–Kier alpha value is -2.76. The number of thioether (sulfide) groups is 2. The van der Waals surface area contributed by atoms with E-state index in [0.29, 0.717) is 10.3 Å². The van der Waals surface area contributed by atoms with Gasteiger partial charge < -0.3 is 0 Å². The summed E-state index contributed by atoms with van der Waals surface area (Å²) in [5.41, 5.74) is 3.21. The number of rotatable bonds is 8. The fourth-order valence-electron chi connectivity index (χ4n) is 2.44. The fourth-order valence-corrected chi connectivity index (χ4v) is 4.86. The average Bonchev–Trinajstić information content (AvgIpc) is 3.41. The number of aromatic nitrogens is 6. The van der Waals surface area contributed by atoms with Gasteiger partial charge in [-0.2, -0.15) is 4.68 Å². The molecule has 0 atom stereocenters. The van der Waals surface area contributed by atoms with Gasteiger partial charge in [0, 0.05) is 5.75 Å². The van der Waals surface area contributed by atoms with Crippen molar-refractivity contribution in [2.75, 3.05) is 11.1 Å². The molecule has 0 saturated heterocycles. The molecule has 0 unspecified atom stereocenters. The summed E-state index contributed by atoms with van der Waals surface area (Å²) in [6.07, 6.45) is 0. The van der Waals surface area contributed by atoms with E-state index in [9.17, 15) is 4.79 Å². The highest BCUT2D eigenvalue weighted by molar-refractivity contribution is 8.00. The number of hydrogen-bond acceptors (Lipinski definition) is 9. The van der Waals surface area contributed by atoms with Gasteiger partial charge in [0.2, 0.25) is 16.2 Å². The second-order valence-electron chi connectivity index (χ2n) is 6.19. The van der Waals surface area contributed by atoms with Gasteiger partial charge in [-0.1, -0.05) is 82.9 Å². The zero-order chi connectivity index (χ0) is 20.8. The van der Waals surface area contributed by atoms with Gasteiger partial charge in [-0.25, -0.2) is 0 Å². The Bertz CT molecular complexity index is 1110. The summed E-state index contributed by atoms with van der Waals surface area (Å²) in [6.45, 7) is 2.02. The maximum Gasteiger partial charge on any atom is 0.236 e. The Labute approximate surface area is 185 Å². The molecule has 4 aromatic rings. The molecule has 152 valence electrons. The van der Waals surface area contributed by atoms with Crippen LogP contribution in [0, 0.1) is 6.92 Å². The molecule has 1 amide bonds. The third-order valence-electron chi connectivity index (χ3n) is 3.91. The monoisotopic (exact) mass is 455 g/mol. The normalized spacial score (nSPS) is 10.8. The number of aryl methyl sites for hydroxylation is 1. The van der Waals surface area contributed by atoms with Crippen LogP contribution in [0.2, 0.25) is 0 Å². The first kappa shape index (κ1) is 20.5. The molecule has 30 heavy (non-hydrogen) atoms. The summed E-state index contributed by atoms with van der Waals surface area (Å²) in [6, 6.07) is 18.0. The molecule has 0 aliphatic heterocycles. The molecule has 0 saturated carbocycles. The first-order valence-electron chi connectivity index (χ1n) is 8.96. The maximum absolute atomic E-state index is 12.3. The molecule has 0 aliphatic rings. The topological polar surface area (TPSA) is 98.5 Å². The van der Waals surface area contributed by atoms with E-state index in [0.717, 1.165) is 21.3 Å². The molecule has 8 nitrogen and oxygen atoms in total. The van der Waals surface area contributed by atoms with Gasteiger partial charge in [0.05, 0.1) is 11.4 Å². The molecule has 0 spiro atoms. The van der Waals surface area contributed by atoms with Crippen molar-refractivity contribution in [3.63, 3.8) is 0 Å². The van der Waals surface area contributed by atoms with Gasteiger partial charge in [-0.15, -0.1) is 15.3 Å². The van der Waals surface area contributed by atoms with Crippen LogP contribution in [0.25, 0.3) is 5.69 Å². The molecule has 0 aliphatic carbocycles. The van der Waals surface area contributed by atoms with E-state index >= 15 is 0 Å². The third kappa shape index (κ3) is 5.43. The molecule has 0 fully saturated rings. The largest absolute Gasteiger partial charge is 0.300 e. The van der Waals surface area contributed by atoms with Gasteiger partial charge in [-0.3, -0.25) is 10.1 Å². The number of tetrazole rings is 1.